The van der Waals surface area contributed by atoms with Gasteiger partial charge in [-0.3, -0.25) is 4.79 Å². The topological polar surface area (TPSA) is 44.9 Å². The van der Waals surface area contributed by atoms with Gasteiger partial charge in [-0.1, -0.05) is 12.1 Å². The second-order valence-electron chi connectivity index (χ2n) is 6.58. The van der Waals surface area contributed by atoms with Crippen molar-refractivity contribution >= 4 is 16.8 Å². The lowest BCUT2D eigenvalue weighted by molar-refractivity contribution is -0.121. The van der Waals surface area contributed by atoms with Crippen LogP contribution >= 0.6 is 0 Å². The zero-order valence-electron chi connectivity index (χ0n) is 13.6. The fourth-order valence-electron chi connectivity index (χ4n) is 3.59. The molecule has 4 rings (SSSR count). The second kappa shape index (κ2) is 6.31. The van der Waals surface area contributed by atoms with Gasteiger partial charge in [0.15, 0.2) is 0 Å². The molecular weight excluding hydrogens is 322 g/mol. The molecule has 0 spiro atoms. The van der Waals surface area contributed by atoms with Crippen LogP contribution in [0.2, 0.25) is 0 Å². The Hall–Kier alpha value is -2.69. The number of halogens is 2. The van der Waals surface area contributed by atoms with Gasteiger partial charge in [0, 0.05) is 22.6 Å². The lowest BCUT2D eigenvalue weighted by Crippen LogP contribution is -2.39. The molecule has 1 heterocycles. The van der Waals surface area contributed by atoms with Crippen LogP contribution in [0.15, 0.2) is 42.5 Å². The Labute approximate surface area is 144 Å². The average molecular weight is 340 g/mol. The van der Waals surface area contributed by atoms with Crippen LogP contribution in [-0.2, 0) is 24.1 Å². The van der Waals surface area contributed by atoms with Crippen LogP contribution in [0.4, 0.5) is 8.78 Å². The Morgan fingerprint density at radius 1 is 1.12 bits per heavy atom. The maximum absolute atomic E-state index is 13.4. The van der Waals surface area contributed by atoms with Crippen LogP contribution in [0.1, 0.15) is 23.2 Å². The number of H-pyrrole nitrogens is 1. The number of rotatable bonds is 3. The molecule has 1 aliphatic rings. The summed E-state index contributed by atoms with van der Waals surface area (Å²) in [6.07, 6.45) is 2.64. The van der Waals surface area contributed by atoms with Gasteiger partial charge in [-0.25, -0.2) is 8.78 Å². The van der Waals surface area contributed by atoms with Gasteiger partial charge >= 0.3 is 0 Å². The highest BCUT2D eigenvalue weighted by molar-refractivity contribution is 5.85. The van der Waals surface area contributed by atoms with Crippen LogP contribution in [0, 0.1) is 11.6 Å². The lowest BCUT2D eigenvalue weighted by atomic mass is 9.91. The molecule has 0 fully saturated rings. The SMILES string of the molecule is O=C(Cc1ccc(F)cc1)NC1CCc2[nH]c3cc(F)ccc3c2C1. The Balaban J connectivity index is 1.46. The largest absolute Gasteiger partial charge is 0.358 e. The Bertz CT molecular complexity index is 931. The van der Waals surface area contributed by atoms with Crippen molar-refractivity contribution in [2.24, 2.45) is 0 Å². The highest BCUT2D eigenvalue weighted by atomic mass is 19.1. The molecule has 1 atom stereocenters. The van der Waals surface area contributed by atoms with Crippen molar-refractivity contribution < 1.29 is 13.6 Å². The second-order valence-corrected chi connectivity index (χ2v) is 6.58. The third kappa shape index (κ3) is 3.27. The molecule has 25 heavy (non-hydrogen) atoms. The number of carbonyl (C=O) groups is 1. The van der Waals surface area contributed by atoms with Crippen LogP contribution in [0.3, 0.4) is 0 Å². The Morgan fingerprint density at radius 2 is 1.88 bits per heavy atom. The first kappa shape index (κ1) is 15.8. The van der Waals surface area contributed by atoms with Gasteiger partial charge in [0.2, 0.25) is 5.91 Å². The Morgan fingerprint density at radius 3 is 2.68 bits per heavy atom. The molecule has 1 amide bonds. The first-order valence-electron chi connectivity index (χ1n) is 8.41. The number of amides is 1. The number of nitrogens with one attached hydrogen (secondary N) is 2. The molecule has 128 valence electrons. The number of carbonyl (C=O) groups excluding carboxylic acids is 1. The van der Waals surface area contributed by atoms with E-state index in [1.165, 1.54) is 24.3 Å². The van der Waals surface area contributed by atoms with Crippen molar-refractivity contribution in [1.82, 2.24) is 10.3 Å². The van der Waals surface area contributed by atoms with Crippen molar-refractivity contribution in [1.29, 1.82) is 0 Å². The fourth-order valence-corrected chi connectivity index (χ4v) is 3.59. The van der Waals surface area contributed by atoms with E-state index in [-0.39, 0.29) is 30.0 Å². The number of aryl methyl sites for hydroxylation is 1. The number of hydrogen-bond acceptors (Lipinski definition) is 1. The lowest BCUT2D eigenvalue weighted by Gasteiger charge is -2.23. The zero-order chi connectivity index (χ0) is 17.4. The summed E-state index contributed by atoms with van der Waals surface area (Å²) < 4.78 is 26.3. The van der Waals surface area contributed by atoms with E-state index in [9.17, 15) is 13.6 Å². The smallest absolute Gasteiger partial charge is 0.224 e. The maximum Gasteiger partial charge on any atom is 0.224 e. The van der Waals surface area contributed by atoms with Gasteiger partial charge in [-0.15, -0.1) is 0 Å². The summed E-state index contributed by atoms with van der Waals surface area (Å²) in [4.78, 5) is 15.5. The highest BCUT2D eigenvalue weighted by Crippen LogP contribution is 2.29. The molecular formula is C20H18F2N2O. The quantitative estimate of drug-likeness (QED) is 0.751. The standard InChI is InChI=1S/C20H18F2N2O/c21-13-3-1-12(2-4-13)9-20(25)23-15-6-8-18-17(11-15)16-7-5-14(22)10-19(16)24-18/h1-5,7,10,15,24H,6,8-9,11H2,(H,23,25). The van der Waals surface area contributed by atoms with Gasteiger partial charge in [0.05, 0.1) is 6.42 Å². The molecule has 1 aliphatic carbocycles. The normalized spacial score (nSPS) is 16.6. The molecule has 2 aromatic carbocycles. The molecule has 0 aliphatic heterocycles. The highest BCUT2D eigenvalue weighted by Gasteiger charge is 2.23. The molecule has 0 saturated heterocycles. The van der Waals surface area contributed by atoms with E-state index in [1.54, 1.807) is 18.2 Å². The minimum absolute atomic E-state index is 0.0597. The molecule has 3 nitrogen and oxygen atoms in total. The van der Waals surface area contributed by atoms with E-state index in [4.69, 9.17) is 0 Å². The van der Waals surface area contributed by atoms with Crippen LogP contribution in [-0.4, -0.2) is 16.9 Å². The maximum atomic E-state index is 13.4. The van der Waals surface area contributed by atoms with Gasteiger partial charge in [0.1, 0.15) is 11.6 Å². The van der Waals surface area contributed by atoms with E-state index in [0.717, 1.165) is 47.0 Å². The van der Waals surface area contributed by atoms with Crippen molar-refractivity contribution in [3.63, 3.8) is 0 Å². The molecule has 3 aromatic rings. The van der Waals surface area contributed by atoms with Crippen molar-refractivity contribution in [3.8, 4) is 0 Å². The zero-order valence-corrected chi connectivity index (χ0v) is 13.6. The third-order valence-corrected chi connectivity index (χ3v) is 4.79. The van der Waals surface area contributed by atoms with E-state index < -0.39 is 0 Å². The summed E-state index contributed by atoms with van der Waals surface area (Å²) >= 11 is 0. The number of aromatic amines is 1. The number of hydrogen-bond donors (Lipinski definition) is 2. The minimum Gasteiger partial charge on any atom is -0.358 e. The summed E-state index contributed by atoms with van der Waals surface area (Å²) in [6, 6.07) is 10.8. The monoisotopic (exact) mass is 340 g/mol. The number of fused-ring (bicyclic) bond motifs is 3. The molecule has 0 saturated carbocycles. The summed E-state index contributed by atoms with van der Waals surface area (Å²) in [7, 11) is 0. The summed E-state index contributed by atoms with van der Waals surface area (Å²) in [5.41, 5.74) is 3.89. The van der Waals surface area contributed by atoms with E-state index in [0.29, 0.717) is 0 Å². The first-order valence-corrected chi connectivity index (χ1v) is 8.41. The van der Waals surface area contributed by atoms with Crippen LogP contribution in [0.25, 0.3) is 10.9 Å². The predicted molar refractivity (Wildman–Crippen MR) is 92.3 cm³/mol. The third-order valence-electron chi connectivity index (χ3n) is 4.79. The summed E-state index contributed by atoms with van der Waals surface area (Å²) in [5, 5.41) is 4.09. The van der Waals surface area contributed by atoms with Crippen molar-refractivity contribution in [3.05, 3.63) is 70.9 Å². The summed E-state index contributed by atoms with van der Waals surface area (Å²) in [5.74, 6) is -0.624. The van der Waals surface area contributed by atoms with Crippen molar-refractivity contribution in [2.75, 3.05) is 0 Å². The van der Waals surface area contributed by atoms with Crippen molar-refractivity contribution in [2.45, 2.75) is 31.7 Å². The van der Waals surface area contributed by atoms with Crippen LogP contribution in [0.5, 0.6) is 0 Å². The van der Waals surface area contributed by atoms with Gasteiger partial charge in [-0.2, -0.15) is 0 Å². The van der Waals surface area contributed by atoms with E-state index >= 15 is 0 Å². The number of benzene rings is 2. The molecule has 0 bridgehead atoms. The number of aromatic nitrogens is 1. The molecule has 5 heteroatoms. The average Bonchev–Trinajstić information content (AvgIpc) is 2.93. The van der Waals surface area contributed by atoms with Gasteiger partial charge in [0.25, 0.3) is 0 Å². The molecule has 1 aromatic heterocycles. The summed E-state index contributed by atoms with van der Waals surface area (Å²) in [6.45, 7) is 0. The molecule has 2 N–H and O–H groups in total. The van der Waals surface area contributed by atoms with E-state index in [2.05, 4.69) is 10.3 Å². The minimum atomic E-state index is -0.306. The fraction of sp³-hybridized carbons (Fsp3) is 0.250. The van der Waals surface area contributed by atoms with Gasteiger partial charge < -0.3 is 10.3 Å². The first-order chi connectivity index (χ1) is 12.1. The van der Waals surface area contributed by atoms with E-state index in [1.807, 2.05) is 0 Å². The van der Waals surface area contributed by atoms with Crippen LogP contribution < -0.4 is 5.32 Å². The predicted octanol–water partition coefficient (Wildman–Crippen LogP) is 3.66. The van der Waals surface area contributed by atoms with Gasteiger partial charge in [-0.05, 0) is 60.7 Å². The molecule has 1 unspecified atom stereocenters. The molecule has 0 radical (unpaired) electrons. The Kier molecular flexibility index (Phi) is 3.99.